The first-order valence-corrected chi connectivity index (χ1v) is 7.37. The van der Waals surface area contributed by atoms with Gasteiger partial charge in [-0.15, -0.1) is 5.10 Å². The quantitative estimate of drug-likeness (QED) is 0.775. The fourth-order valence-electron chi connectivity index (χ4n) is 2.18. The van der Waals surface area contributed by atoms with Crippen molar-refractivity contribution in [1.82, 2.24) is 15.0 Å². The number of halogens is 1. The molecule has 0 aliphatic heterocycles. The third kappa shape index (κ3) is 2.65. The maximum Gasteiger partial charge on any atom is 0.358 e. The smallest absolute Gasteiger partial charge is 0.358 e. The standard InChI is InChI=1S/C16H12BrN3O2/c1-10-5-7-11(8-6-10)15-14(16(21)22)18-19-20(15)13-4-2-3-12(17)9-13/h2-9H,1H3,(H,21,22). The lowest BCUT2D eigenvalue weighted by atomic mass is 10.1. The number of benzene rings is 2. The summed E-state index contributed by atoms with van der Waals surface area (Å²) < 4.78 is 2.42. The van der Waals surface area contributed by atoms with E-state index in [1.54, 1.807) is 4.68 Å². The molecule has 3 rings (SSSR count). The second-order valence-electron chi connectivity index (χ2n) is 4.85. The van der Waals surface area contributed by atoms with Crippen molar-refractivity contribution >= 4 is 21.9 Å². The molecule has 0 saturated heterocycles. The van der Waals surface area contributed by atoms with Crippen LogP contribution in [0, 0.1) is 6.92 Å². The highest BCUT2D eigenvalue weighted by molar-refractivity contribution is 9.10. The first-order valence-electron chi connectivity index (χ1n) is 6.58. The van der Waals surface area contributed by atoms with Crippen LogP contribution in [0.5, 0.6) is 0 Å². The number of carbonyl (C=O) groups is 1. The summed E-state index contributed by atoms with van der Waals surface area (Å²) in [4.78, 5) is 11.4. The molecular weight excluding hydrogens is 346 g/mol. The van der Waals surface area contributed by atoms with Crippen molar-refractivity contribution in [3.05, 3.63) is 64.3 Å². The maximum absolute atomic E-state index is 11.4. The molecule has 0 amide bonds. The van der Waals surface area contributed by atoms with E-state index in [9.17, 15) is 9.90 Å². The van der Waals surface area contributed by atoms with Gasteiger partial charge >= 0.3 is 5.97 Å². The van der Waals surface area contributed by atoms with E-state index in [-0.39, 0.29) is 5.69 Å². The third-order valence-corrected chi connectivity index (χ3v) is 3.74. The van der Waals surface area contributed by atoms with Crippen molar-refractivity contribution in [1.29, 1.82) is 0 Å². The highest BCUT2D eigenvalue weighted by atomic mass is 79.9. The monoisotopic (exact) mass is 357 g/mol. The van der Waals surface area contributed by atoms with Gasteiger partial charge in [0.15, 0.2) is 5.69 Å². The molecule has 0 aliphatic carbocycles. The average Bonchev–Trinajstić information content (AvgIpc) is 2.93. The Hall–Kier alpha value is -2.47. The predicted octanol–water partition coefficient (Wildman–Crippen LogP) is 3.70. The van der Waals surface area contributed by atoms with Crippen molar-refractivity contribution in [2.75, 3.05) is 0 Å². The number of aromatic carboxylic acids is 1. The number of hydrogen-bond acceptors (Lipinski definition) is 3. The van der Waals surface area contributed by atoms with E-state index in [0.717, 1.165) is 21.3 Å². The van der Waals surface area contributed by atoms with Gasteiger partial charge in [0.25, 0.3) is 0 Å². The number of hydrogen-bond donors (Lipinski definition) is 1. The summed E-state index contributed by atoms with van der Waals surface area (Å²) in [6.45, 7) is 1.98. The number of aromatic nitrogens is 3. The summed E-state index contributed by atoms with van der Waals surface area (Å²) in [5.41, 5.74) is 2.99. The van der Waals surface area contributed by atoms with Crippen LogP contribution in [0.1, 0.15) is 16.1 Å². The van der Waals surface area contributed by atoms with Crippen LogP contribution in [0.2, 0.25) is 0 Å². The predicted molar refractivity (Wildman–Crippen MR) is 86.2 cm³/mol. The number of nitrogens with zero attached hydrogens (tertiary/aromatic N) is 3. The Bertz CT molecular complexity index is 841. The van der Waals surface area contributed by atoms with Crippen LogP contribution in [0.25, 0.3) is 16.9 Å². The molecule has 0 aliphatic rings. The molecule has 1 aromatic heterocycles. The van der Waals surface area contributed by atoms with E-state index in [1.807, 2.05) is 55.5 Å². The number of aryl methyl sites for hydroxylation is 1. The van der Waals surface area contributed by atoms with Gasteiger partial charge in [-0.25, -0.2) is 9.48 Å². The lowest BCUT2D eigenvalue weighted by molar-refractivity contribution is 0.0691. The molecule has 1 heterocycles. The Labute approximate surface area is 135 Å². The second kappa shape index (κ2) is 5.73. The Kier molecular flexibility index (Phi) is 3.77. The Morgan fingerprint density at radius 2 is 1.91 bits per heavy atom. The molecule has 1 N–H and O–H groups in total. The topological polar surface area (TPSA) is 68.0 Å². The van der Waals surface area contributed by atoms with E-state index in [2.05, 4.69) is 26.2 Å². The van der Waals surface area contributed by atoms with Gasteiger partial charge in [-0.05, 0) is 25.1 Å². The average molecular weight is 358 g/mol. The first-order chi connectivity index (χ1) is 10.6. The summed E-state index contributed by atoms with van der Waals surface area (Å²) in [6.07, 6.45) is 0. The van der Waals surface area contributed by atoms with Crippen LogP contribution < -0.4 is 0 Å². The van der Waals surface area contributed by atoms with Gasteiger partial charge in [-0.3, -0.25) is 0 Å². The largest absolute Gasteiger partial charge is 0.476 e. The summed E-state index contributed by atoms with van der Waals surface area (Å²) in [5.74, 6) is -1.10. The van der Waals surface area contributed by atoms with E-state index in [1.165, 1.54) is 0 Å². The molecule has 0 bridgehead atoms. The zero-order valence-electron chi connectivity index (χ0n) is 11.7. The molecule has 0 saturated carbocycles. The number of rotatable bonds is 3. The minimum atomic E-state index is -1.10. The van der Waals surface area contributed by atoms with Crippen LogP contribution in [-0.4, -0.2) is 26.1 Å². The Morgan fingerprint density at radius 3 is 2.55 bits per heavy atom. The van der Waals surface area contributed by atoms with Crippen LogP contribution in [0.3, 0.4) is 0 Å². The Morgan fingerprint density at radius 1 is 1.18 bits per heavy atom. The maximum atomic E-state index is 11.4. The SMILES string of the molecule is Cc1ccc(-c2c(C(=O)O)nnn2-c2cccc(Br)c2)cc1. The van der Waals surface area contributed by atoms with Gasteiger partial charge < -0.3 is 5.11 Å². The van der Waals surface area contributed by atoms with Gasteiger partial charge in [0.05, 0.1) is 5.69 Å². The van der Waals surface area contributed by atoms with Gasteiger partial charge in [-0.2, -0.15) is 0 Å². The van der Waals surface area contributed by atoms with Gasteiger partial charge in [0.2, 0.25) is 0 Å². The van der Waals surface area contributed by atoms with Crippen LogP contribution in [0.15, 0.2) is 53.0 Å². The van der Waals surface area contributed by atoms with E-state index < -0.39 is 5.97 Å². The normalized spacial score (nSPS) is 10.6. The van der Waals surface area contributed by atoms with Crippen LogP contribution in [0.4, 0.5) is 0 Å². The fraction of sp³-hybridized carbons (Fsp3) is 0.0625. The van der Waals surface area contributed by atoms with Crippen molar-refractivity contribution in [3.8, 4) is 16.9 Å². The Balaban J connectivity index is 2.24. The number of carboxylic acid groups (broad SMARTS) is 1. The molecule has 6 heteroatoms. The molecule has 3 aromatic rings. The minimum absolute atomic E-state index is 0.0659. The van der Waals surface area contributed by atoms with Crippen molar-refractivity contribution in [2.24, 2.45) is 0 Å². The summed E-state index contributed by atoms with van der Waals surface area (Å²) in [5, 5.41) is 17.2. The molecular formula is C16H12BrN3O2. The zero-order valence-corrected chi connectivity index (χ0v) is 13.3. The lowest BCUT2D eigenvalue weighted by Crippen LogP contribution is -2.03. The molecule has 22 heavy (non-hydrogen) atoms. The molecule has 0 spiro atoms. The minimum Gasteiger partial charge on any atom is -0.476 e. The van der Waals surface area contributed by atoms with Gasteiger partial charge in [0, 0.05) is 10.0 Å². The highest BCUT2D eigenvalue weighted by Crippen LogP contribution is 2.26. The molecule has 0 atom stereocenters. The van der Waals surface area contributed by atoms with Gasteiger partial charge in [0.1, 0.15) is 5.69 Å². The second-order valence-corrected chi connectivity index (χ2v) is 5.77. The van der Waals surface area contributed by atoms with Crippen molar-refractivity contribution in [2.45, 2.75) is 6.92 Å². The molecule has 110 valence electrons. The highest BCUT2D eigenvalue weighted by Gasteiger charge is 2.21. The lowest BCUT2D eigenvalue weighted by Gasteiger charge is -2.08. The van der Waals surface area contributed by atoms with Crippen LogP contribution >= 0.6 is 15.9 Å². The van der Waals surface area contributed by atoms with Crippen molar-refractivity contribution in [3.63, 3.8) is 0 Å². The van der Waals surface area contributed by atoms with Crippen molar-refractivity contribution < 1.29 is 9.90 Å². The molecule has 0 fully saturated rings. The fourth-order valence-corrected chi connectivity index (χ4v) is 2.57. The first kappa shape index (κ1) is 14.5. The molecule has 0 radical (unpaired) electrons. The zero-order chi connectivity index (χ0) is 15.7. The summed E-state index contributed by atoms with van der Waals surface area (Å²) >= 11 is 3.41. The van der Waals surface area contributed by atoms with E-state index in [0.29, 0.717) is 5.69 Å². The molecule has 2 aromatic carbocycles. The van der Waals surface area contributed by atoms with Gasteiger partial charge in [-0.1, -0.05) is 57.0 Å². The number of carboxylic acids is 1. The van der Waals surface area contributed by atoms with E-state index in [4.69, 9.17) is 0 Å². The molecule has 0 unspecified atom stereocenters. The third-order valence-electron chi connectivity index (χ3n) is 3.25. The van der Waals surface area contributed by atoms with E-state index >= 15 is 0 Å². The van der Waals surface area contributed by atoms with Crippen LogP contribution in [-0.2, 0) is 0 Å². The molecule has 5 nitrogen and oxygen atoms in total. The summed E-state index contributed by atoms with van der Waals surface area (Å²) in [7, 11) is 0. The summed E-state index contributed by atoms with van der Waals surface area (Å²) in [6, 6.07) is 15.1.